The molecule has 0 aromatic carbocycles. The first-order valence-electron chi connectivity index (χ1n) is 5.18. The lowest BCUT2D eigenvalue weighted by atomic mass is 9.96. The second-order valence-electron chi connectivity index (χ2n) is 4.79. The minimum absolute atomic E-state index is 0.0770. The molecule has 0 saturated carbocycles. The van der Waals surface area contributed by atoms with E-state index >= 15 is 0 Å². The van der Waals surface area contributed by atoms with Crippen LogP contribution in [0.15, 0.2) is 24.5 Å². The summed E-state index contributed by atoms with van der Waals surface area (Å²) < 4.78 is 2.14. The average Bonchev–Trinajstić information content (AvgIpc) is 2.59. The van der Waals surface area contributed by atoms with Crippen LogP contribution in [0.1, 0.15) is 26.6 Å². The fourth-order valence-corrected chi connectivity index (χ4v) is 1.71. The van der Waals surface area contributed by atoms with Crippen LogP contribution in [0.4, 0.5) is 5.69 Å². The van der Waals surface area contributed by atoms with E-state index < -0.39 is 0 Å². The lowest BCUT2D eigenvalue weighted by Gasteiger charge is -2.16. The Morgan fingerprint density at radius 2 is 2.07 bits per heavy atom. The van der Waals surface area contributed by atoms with Crippen LogP contribution in [0.25, 0.3) is 5.52 Å². The van der Waals surface area contributed by atoms with Crippen molar-refractivity contribution in [3.05, 3.63) is 30.4 Å². The van der Waals surface area contributed by atoms with Gasteiger partial charge in [0.15, 0.2) is 0 Å². The number of hydrogen-bond acceptors (Lipinski definition) is 2. The first kappa shape index (κ1) is 10.0. The highest BCUT2D eigenvalue weighted by molar-refractivity contribution is 5.58. The highest BCUT2D eigenvalue weighted by Gasteiger charge is 2.19. The number of anilines is 1. The quantitative estimate of drug-likeness (QED) is 0.772. The molecule has 0 atom stereocenters. The molecule has 15 heavy (non-hydrogen) atoms. The van der Waals surface area contributed by atoms with Gasteiger partial charge in [-0.3, -0.25) is 0 Å². The number of nitrogens with zero attached hydrogens (tertiary/aromatic N) is 2. The summed E-state index contributed by atoms with van der Waals surface area (Å²) in [6.07, 6.45) is 3.98. The predicted octanol–water partition coefficient (Wildman–Crippen LogP) is 2.67. The van der Waals surface area contributed by atoms with Crippen molar-refractivity contribution in [2.75, 3.05) is 12.4 Å². The minimum Gasteiger partial charge on any atom is -0.388 e. The van der Waals surface area contributed by atoms with Crippen molar-refractivity contribution in [2.24, 2.45) is 0 Å². The van der Waals surface area contributed by atoms with Gasteiger partial charge in [0.25, 0.3) is 0 Å². The number of fused-ring (bicyclic) bond motifs is 1. The van der Waals surface area contributed by atoms with Crippen LogP contribution in [-0.2, 0) is 5.41 Å². The van der Waals surface area contributed by atoms with Crippen LogP contribution in [-0.4, -0.2) is 16.4 Å². The molecule has 2 aromatic rings. The third-order valence-electron chi connectivity index (χ3n) is 2.49. The molecule has 0 fully saturated rings. The van der Waals surface area contributed by atoms with Gasteiger partial charge in [-0.25, -0.2) is 4.98 Å². The normalized spacial score (nSPS) is 12.0. The number of hydrogen-bond donors (Lipinski definition) is 1. The number of pyridine rings is 1. The number of rotatable bonds is 1. The molecule has 0 saturated heterocycles. The maximum absolute atomic E-state index is 4.48. The summed E-state index contributed by atoms with van der Waals surface area (Å²) in [7, 11) is 1.92. The fraction of sp³-hybridized carbons (Fsp3) is 0.417. The summed E-state index contributed by atoms with van der Waals surface area (Å²) >= 11 is 0. The highest BCUT2D eigenvalue weighted by atomic mass is 15.0. The topological polar surface area (TPSA) is 29.3 Å². The van der Waals surface area contributed by atoms with E-state index in [1.807, 2.05) is 13.2 Å². The predicted molar refractivity (Wildman–Crippen MR) is 63.4 cm³/mol. The molecule has 80 valence electrons. The molecule has 0 spiro atoms. The van der Waals surface area contributed by atoms with Crippen LogP contribution in [0.5, 0.6) is 0 Å². The Labute approximate surface area is 90.1 Å². The van der Waals surface area contributed by atoms with Crippen LogP contribution < -0.4 is 5.32 Å². The van der Waals surface area contributed by atoms with Crippen LogP contribution in [0, 0.1) is 0 Å². The molecule has 0 aliphatic rings. The van der Waals surface area contributed by atoms with E-state index in [9.17, 15) is 0 Å². The monoisotopic (exact) mass is 203 g/mol. The van der Waals surface area contributed by atoms with Gasteiger partial charge in [0.2, 0.25) is 0 Å². The molecular formula is C12H17N3. The molecule has 2 aromatic heterocycles. The Bertz CT molecular complexity index is 477. The van der Waals surface area contributed by atoms with Gasteiger partial charge < -0.3 is 9.72 Å². The Morgan fingerprint density at radius 3 is 2.67 bits per heavy atom. The first-order chi connectivity index (χ1) is 7.02. The van der Waals surface area contributed by atoms with Crippen LogP contribution in [0.2, 0.25) is 0 Å². The third kappa shape index (κ3) is 1.69. The van der Waals surface area contributed by atoms with Crippen molar-refractivity contribution in [3.63, 3.8) is 0 Å². The van der Waals surface area contributed by atoms with Gasteiger partial charge in [-0.1, -0.05) is 20.8 Å². The Balaban J connectivity index is 2.62. The van der Waals surface area contributed by atoms with Gasteiger partial charge in [0.1, 0.15) is 5.82 Å². The molecule has 2 heterocycles. The largest absolute Gasteiger partial charge is 0.388 e. The molecule has 0 bridgehead atoms. The molecule has 2 rings (SSSR count). The van der Waals surface area contributed by atoms with Gasteiger partial charge in [-0.2, -0.15) is 0 Å². The van der Waals surface area contributed by atoms with E-state index in [4.69, 9.17) is 0 Å². The summed E-state index contributed by atoms with van der Waals surface area (Å²) in [6.45, 7) is 6.52. The number of aromatic nitrogens is 2. The molecular weight excluding hydrogens is 186 g/mol. The Hall–Kier alpha value is -1.51. The molecule has 3 nitrogen and oxygen atoms in total. The smallest absolute Gasteiger partial charge is 0.118 e. The highest BCUT2D eigenvalue weighted by Crippen LogP contribution is 2.23. The van der Waals surface area contributed by atoms with E-state index in [2.05, 4.69) is 53.8 Å². The zero-order valence-corrected chi connectivity index (χ0v) is 9.70. The molecule has 0 unspecified atom stereocenters. The lowest BCUT2D eigenvalue weighted by Crippen LogP contribution is -2.15. The van der Waals surface area contributed by atoms with Gasteiger partial charge in [-0.05, 0) is 12.1 Å². The second-order valence-corrected chi connectivity index (χ2v) is 4.79. The SMILES string of the molecule is CNc1ccn2c(C(C)(C)C)ncc2c1. The van der Waals surface area contributed by atoms with Gasteiger partial charge in [0, 0.05) is 24.3 Å². The van der Waals surface area contributed by atoms with E-state index in [0.717, 1.165) is 17.0 Å². The molecule has 0 aliphatic carbocycles. The summed E-state index contributed by atoms with van der Waals surface area (Å²) in [5, 5.41) is 3.13. The molecule has 0 radical (unpaired) electrons. The Kier molecular flexibility index (Phi) is 2.18. The van der Waals surface area contributed by atoms with Crippen LogP contribution in [0.3, 0.4) is 0 Å². The van der Waals surface area contributed by atoms with E-state index in [1.54, 1.807) is 0 Å². The summed E-state index contributed by atoms with van der Waals surface area (Å²) in [5.41, 5.74) is 2.32. The van der Waals surface area contributed by atoms with Gasteiger partial charge >= 0.3 is 0 Å². The van der Waals surface area contributed by atoms with Crippen LogP contribution >= 0.6 is 0 Å². The van der Waals surface area contributed by atoms with E-state index in [1.165, 1.54) is 0 Å². The molecule has 3 heteroatoms. The fourth-order valence-electron chi connectivity index (χ4n) is 1.71. The van der Waals surface area contributed by atoms with Crippen molar-refractivity contribution in [3.8, 4) is 0 Å². The third-order valence-corrected chi connectivity index (χ3v) is 2.49. The zero-order chi connectivity index (χ0) is 11.1. The summed E-state index contributed by atoms with van der Waals surface area (Å²) in [5.74, 6) is 1.10. The minimum atomic E-state index is 0.0770. The van der Waals surface area contributed by atoms with E-state index in [-0.39, 0.29) is 5.41 Å². The standard InChI is InChI=1S/C12H17N3/c1-12(2,3)11-14-8-10-7-9(13-4)5-6-15(10)11/h5-8,13H,1-4H3. The molecule has 0 aliphatic heterocycles. The first-order valence-corrected chi connectivity index (χ1v) is 5.18. The molecule has 1 N–H and O–H groups in total. The maximum Gasteiger partial charge on any atom is 0.118 e. The zero-order valence-electron chi connectivity index (χ0n) is 9.70. The number of nitrogens with one attached hydrogen (secondary N) is 1. The number of imidazole rings is 1. The second kappa shape index (κ2) is 3.26. The molecule has 0 amide bonds. The lowest BCUT2D eigenvalue weighted by molar-refractivity contribution is 0.543. The van der Waals surface area contributed by atoms with Crippen molar-refractivity contribution >= 4 is 11.2 Å². The van der Waals surface area contributed by atoms with Gasteiger partial charge in [-0.15, -0.1) is 0 Å². The average molecular weight is 203 g/mol. The summed E-state index contributed by atoms with van der Waals surface area (Å²) in [4.78, 5) is 4.48. The Morgan fingerprint density at radius 1 is 1.33 bits per heavy atom. The van der Waals surface area contributed by atoms with Crippen molar-refractivity contribution in [1.29, 1.82) is 0 Å². The van der Waals surface area contributed by atoms with Gasteiger partial charge in [0.05, 0.1) is 11.7 Å². The van der Waals surface area contributed by atoms with Crippen molar-refractivity contribution in [2.45, 2.75) is 26.2 Å². The summed E-state index contributed by atoms with van der Waals surface area (Å²) in [6, 6.07) is 4.16. The van der Waals surface area contributed by atoms with E-state index in [0.29, 0.717) is 0 Å². The maximum atomic E-state index is 4.48. The van der Waals surface area contributed by atoms with Crippen molar-refractivity contribution in [1.82, 2.24) is 9.38 Å². The van der Waals surface area contributed by atoms with Crippen molar-refractivity contribution < 1.29 is 0 Å².